The number of furan rings is 1. The Bertz CT molecular complexity index is 960. The second kappa shape index (κ2) is 8.03. The zero-order valence-electron chi connectivity index (χ0n) is 15.6. The number of fused-ring (bicyclic) bond motifs is 1. The number of amides is 1. The molecule has 1 amide bonds. The van der Waals surface area contributed by atoms with Gasteiger partial charge < -0.3 is 14.5 Å². The van der Waals surface area contributed by atoms with E-state index < -0.39 is 5.97 Å². The molecule has 0 fully saturated rings. The zero-order chi connectivity index (χ0) is 19.4. The average molecular weight is 370 g/mol. The second-order valence-electron chi connectivity index (χ2n) is 6.33. The smallest absolute Gasteiger partial charge is 0.306 e. The summed E-state index contributed by atoms with van der Waals surface area (Å²) >= 11 is 0. The lowest BCUT2D eigenvalue weighted by molar-refractivity contribution is -0.148. The molecule has 3 aromatic heterocycles. The van der Waals surface area contributed by atoms with E-state index in [1.807, 2.05) is 26.8 Å². The highest BCUT2D eigenvalue weighted by Crippen LogP contribution is 2.17. The van der Waals surface area contributed by atoms with Gasteiger partial charge in [-0.25, -0.2) is 9.50 Å². The van der Waals surface area contributed by atoms with Crippen LogP contribution in [0.2, 0.25) is 0 Å². The first kappa shape index (κ1) is 18.6. The summed E-state index contributed by atoms with van der Waals surface area (Å²) in [5.41, 5.74) is 4.47. The summed E-state index contributed by atoms with van der Waals surface area (Å²) in [5.74, 6) is -0.168. The van der Waals surface area contributed by atoms with Gasteiger partial charge in [-0.3, -0.25) is 9.59 Å². The Hall–Kier alpha value is -3.16. The molecular formula is C19H22N4O4. The van der Waals surface area contributed by atoms with Crippen molar-refractivity contribution in [1.82, 2.24) is 19.9 Å². The van der Waals surface area contributed by atoms with Crippen LogP contribution in [0.5, 0.6) is 0 Å². The number of aryl methyl sites for hydroxylation is 3. The minimum Gasteiger partial charge on any atom is -0.467 e. The first-order valence-corrected chi connectivity index (χ1v) is 8.71. The van der Waals surface area contributed by atoms with Gasteiger partial charge in [0.25, 0.3) is 5.91 Å². The maximum absolute atomic E-state index is 12.0. The number of nitrogens with one attached hydrogen (secondary N) is 1. The number of nitrogens with zero attached hydrogens (tertiary/aromatic N) is 3. The lowest BCUT2D eigenvalue weighted by Gasteiger charge is -2.11. The summed E-state index contributed by atoms with van der Waals surface area (Å²) in [6, 6.07) is 5.41. The van der Waals surface area contributed by atoms with Crippen molar-refractivity contribution in [2.75, 3.05) is 6.61 Å². The van der Waals surface area contributed by atoms with Crippen LogP contribution in [0.25, 0.3) is 5.65 Å². The molecule has 27 heavy (non-hydrogen) atoms. The lowest BCUT2D eigenvalue weighted by Crippen LogP contribution is -2.28. The average Bonchev–Trinajstić information content (AvgIpc) is 3.27. The molecule has 3 rings (SSSR count). The van der Waals surface area contributed by atoms with Crippen molar-refractivity contribution >= 4 is 17.5 Å². The number of carbonyl (C=O) groups excluding carboxylic acids is 2. The monoisotopic (exact) mass is 370 g/mol. The van der Waals surface area contributed by atoms with Gasteiger partial charge in [0, 0.05) is 23.9 Å². The molecule has 0 radical (unpaired) electrons. The van der Waals surface area contributed by atoms with E-state index in [1.165, 1.54) is 6.26 Å². The Kier molecular flexibility index (Phi) is 5.54. The van der Waals surface area contributed by atoms with Crippen LogP contribution >= 0.6 is 0 Å². The molecule has 8 nitrogen and oxygen atoms in total. The van der Waals surface area contributed by atoms with Crippen molar-refractivity contribution in [1.29, 1.82) is 0 Å². The van der Waals surface area contributed by atoms with Crippen LogP contribution in [-0.4, -0.2) is 33.1 Å². The van der Waals surface area contributed by atoms with Gasteiger partial charge in [-0.1, -0.05) is 0 Å². The molecule has 0 aliphatic heterocycles. The van der Waals surface area contributed by atoms with Crippen LogP contribution in [0.1, 0.15) is 34.8 Å². The Morgan fingerprint density at radius 2 is 2.11 bits per heavy atom. The topological polar surface area (TPSA) is 98.7 Å². The molecular weight excluding hydrogens is 348 g/mol. The molecule has 3 heterocycles. The first-order chi connectivity index (χ1) is 12.9. The number of rotatable bonds is 7. The molecule has 0 aliphatic rings. The highest BCUT2D eigenvalue weighted by molar-refractivity contribution is 5.80. The predicted molar refractivity (Wildman–Crippen MR) is 97.0 cm³/mol. The fraction of sp³-hybridized carbons (Fsp3) is 0.368. The molecule has 8 heteroatoms. The van der Waals surface area contributed by atoms with E-state index in [2.05, 4.69) is 15.4 Å². The Morgan fingerprint density at radius 1 is 1.30 bits per heavy atom. The van der Waals surface area contributed by atoms with Gasteiger partial charge in [0.15, 0.2) is 12.3 Å². The normalized spacial score (nSPS) is 10.9. The molecule has 1 N–H and O–H groups in total. The minimum atomic E-state index is -0.432. The van der Waals surface area contributed by atoms with Gasteiger partial charge in [-0.15, -0.1) is 0 Å². The first-order valence-electron chi connectivity index (χ1n) is 8.71. The van der Waals surface area contributed by atoms with E-state index in [4.69, 9.17) is 9.15 Å². The molecule has 0 bridgehead atoms. The third-order valence-corrected chi connectivity index (χ3v) is 4.27. The van der Waals surface area contributed by atoms with Crippen molar-refractivity contribution in [3.05, 3.63) is 52.9 Å². The summed E-state index contributed by atoms with van der Waals surface area (Å²) in [7, 11) is 0. The van der Waals surface area contributed by atoms with Crippen LogP contribution in [0.4, 0.5) is 0 Å². The standard InChI is InChI=1S/C19H22N4O4/c1-12-9-17-21-13(2)16(14(3)23(17)22-12)6-7-19(25)27-11-18(24)20-10-15-5-4-8-26-15/h4-5,8-9H,6-7,10-11H2,1-3H3,(H,20,24). The van der Waals surface area contributed by atoms with Crippen LogP contribution in [0, 0.1) is 20.8 Å². The van der Waals surface area contributed by atoms with Crippen LogP contribution in [-0.2, 0) is 27.3 Å². The van der Waals surface area contributed by atoms with Crippen LogP contribution in [0.3, 0.4) is 0 Å². The van der Waals surface area contributed by atoms with Gasteiger partial charge in [-0.05, 0) is 44.9 Å². The van der Waals surface area contributed by atoms with Crippen molar-refractivity contribution < 1.29 is 18.7 Å². The SMILES string of the molecule is Cc1cc2nc(C)c(CCC(=O)OCC(=O)NCc3ccco3)c(C)n2n1. The molecule has 3 aromatic rings. The fourth-order valence-electron chi connectivity index (χ4n) is 2.90. The summed E-state index contributed by atoms with van der Waals surface area (Å²) in [4.78, 5) is 28.2. The molecule has 0 saturated carbocycles. The van der Waals surface area contributed by atoms with Crippen molar-refractivity contribution in [3.63, 3.8) is 0 Å². The number of esters is 1. The Balaban J connectivity index is 1.50. The van der Waals surface area contributed by atoms with E-state index in [0.717, 1.165) is 28.3 Å². The zero-order valence-corrected chi connectivity index (χ0v) is 15.6. The maximum Gasteiger partial charge on any atom is 0.306 e. The fourth-order valence-corrected chi connectivity index (χ4v) is 2.90. The van der Waals surface area contributed by atoms with E-state index in [9.17, 15) is 9.59 Å². The van der Waals surface area contributed by atoms with Gasteiger partial charge in [0.1, 0.15) is 5.76 Å². The number of hydrogen-bond donors (Lipinski definition) is 1. The number of ether oxygens (including phenoxy) is 1. The number of carbonyl (C=O) groups is 2. The summed E-state index contributed by atoms with van der Waals surface area (Å²) in [6.07, 6.45) is 2.18. The van der Waals surface area contributed by atoms with E-state index >= 15 is 0 Å². The summed E-state index contributed by atoms with van der Waals surface area (Å²) in [6.45, 7) is 5.73. The lowest BCUT2D eigenvalue weighted by atomic mass is 10.1. The third kappa shape index (κ3) is 4.52. The van der Waals surface area contributed by atoms with Crippen LogP contribution in [0.15, 0.2) is 28.9 Å². The predicted octanol–water partition coefficient (Wildman–Crippen LogP) is 2.04. The highest BCUT2D eigenvalue weighted by Gasteiger charge is 2.14. The molecule has 0 saturated heterocycles. The number of aromatic nitrogens is 3. The van der Waals surface area contributed by atoms with Crippen molar-refractivity contribution in [2.24, 2.45) is 0 Å². The van der Waals surface area contributed by atoms with Gasteiger partial charge in [-0.2, -0.15) is 5.10 Å². The van der Waals surface area contributed by atoms with Gasteiger partial charge in [0.05, 0.1) is 18.5 Å². The van der Waals surface area contributed by atoms with Crippen molar-refractivity contribution in [3.8, 4) is 0 Å². The molecule has 0 unspecified atom stereocenters. The minimum absolute atomic E-state index is 0.167. The van der Waals surface area contributed by atoms with Gasteiger partial charge >= 0.3 is 5.97 Å². The van der Waals surface area contributed by atoms with Crippen molar-refractivity contribution in [2.45, 2.75) is 40.2 Å². The third-order valence-electron chi connectivity index (χ3n) is 4.27. The molecule has 0 aromatic carbocycles. The molecule has 142 valence electrons. The Labute approximate surface area is 156 Å². The highest BCUT2D eigenvalue weighted by atomic mass is 16.5. The summed E-state index contributed by atoms with van der Waals surface area (Å²) < 4.78 is 11.9. The quantitative estimate of drug-likeness (QED) is 0.639. The molecule has 0 aliphatic carbocycles. The van der Waals surface area contributed by atoms with Gasteiger partial charge in [0.2, 0.25) is 0 Å². The van der Waals surface area contributed by atoms with Crippen LogP contribution < -0.4 is 5.32 Å². The Morgan fingerprint density at radius 3 is 2.85 bits per heavy atom. The molecule has 0 atom stereocenters. The van der Waals surface area contributed by atoms with E-state index in [0.29, 0.717) is 12.2 Å². The molecule has 0 spiro atoms. The number of hydrogen-bond acceptors (Lipinski definition) is 6. The second-order valence-corrected chi connectivity index (χ2v) is 6.33. The largest absolute Gasteiger partial charge is 0.467 e. The summed E-state index contributed by atoms with van der Waals surface area (Å²) in [5, 5.41) is 7.04. The maximum atomic E-state index is 12.0. The van der Waals surface area contributed by atoms with E-state index in [1.54, 1.807) is 16.6 Å². The van der Waals surface area contributed by atoms with E-state index in [-0.39, 0.29) is 25.5 Å².